The van der Waals surface area contributed by atoms with E-state index in [1.807, 2.05) is 0 Å². The summed E-state index contributed by atoms with van der Waals surface area (Å²) < 4.78 is 5.32. The van der Waals surface area contributed by atoms with Crippen LogP contribution in [0.3, 0.4) is 0 Å². The normalized spacial score (nSPS) is 11.3. The molecule has 142 valence electrons. The number of nitrogens with two attached hydrogens (primary N) is 4. The third kappa shape index (κ3) is 4.52. The molecule has 8 N–H and O–H groups in total. The van der Waals surface area contributed by atoms with Gasteiger partial charge in [-0.1, -0.05) is 0 Å². The Bertz CT molecular complexity index is 1040. The lowest BCUT2D eigenvalue weighted by atomic mass is 10.2. The molecule has 0 aliphatic heterocycles. The highest BCUT2D eigenvalue weighted by Gasteiger charge is 2.05. The summed E-state index contributed by atoms with van der Waals surface area (Å²) >= 11 is 0. The van der Waals surface area contributed by atoms with Crippen molar-refractivity contribution in [3.63, 3.8) is 0 Å². The third-order valence-electron chi connectivity index (χ3n) is 3.72. The van der Waals surface area contributed by atoms with Gasteiger partial charge < -0.3 is 27.7 Å². The molecule has 0 saturated heterocycles. The molecular formula is C19H20N8O. The van der Waals surface area contributed by atoms with Crippen molar-refractivity contribution in [2.24, 2.45) is 20.5 Å². The fourth-order valence-electron chi connectivity index (χ4n) is 2.42. The Balaban J connectivity index is 1.89. The fraction of sp³-hybridized carbons (Fsp3) is 0.0526. The zero-order valence-electron chi connectivity index (χ0n) is 15.2. The van der Waals surface area contributed by atoms with E-state index in [0.29, 0.717) is 51.2 Å². The highest BCUT2D eigenvalue weighted by atomic mass is 16.5. The molecule has 0 aliphatic rings. The molecule has 0 unspecified atom stereocenters. The minimum absolute atomic E-state index is 0.441. The zero-order chi connectivity index (χ0) is 20.1. The van der Waals surface area contributed by atoms with Crippen LogP contribution in [0.5, 0.6) is 5.75 Å². The first-order chi connectivity index (χ1) is 13.4. The van der Waals surface area contributed by atoms with E-state index in [0.717, 1.165) is 0 Å². The van der Waals surface area contributed by atoms with Crippen LogP contribution in [-0.2, 0) is 0 Å². The molecule has 0 saturated carbocycles. The van der Waals surface area contributed by atoms with Crippen molar-refractivity contribution in [1.29, 1.82) is 0 Å². The number of anilines is 4. The van der Waals surface area contributed by atoms with Gasteiger partial charge in [0.15, 0.2) is 0 Å². The van der Waals surface area contributed by atoms with Gasteiger partial charge in [-0.3, -0.25) is 0 Å². The molecule has 0 radical (unpaired) electrons. The zero-order valence-corrected chi connectivity index (χ0v) is 15.2. The Morgan fingerprint density at radius 2 is 1.29 bits per heavy atom. The first kappa shape index (κ1) is 18.6. The van der Waals surface area contributed by atoms with Crippen LogP contribution in [0.1, 0.15) is 0 Å². The smallest absolute Gasteiger partial charge is 0.146 e. The Hall–Kier alpha value is -4.14. The van der Waals surface area contributed by atoms with E-state index >= 15 is 0 Å². The monoisotopic (exact) mass is 376 g/mol. The SMILES string of the molecule is COc1ccc(N=Nc2ccc(N)cc2N)cc1N=Nc1cc(N)cc(N)c1. The summed E-state index contributed by atoms with van der Waals surface area (Å²) in [6.45, 7) is 0. The maximum atomic E-state index is 5.89. The molecular weight excluding hydrogens is 356 g/mol. The van der Waals surface area contributed by atoms with Crippen molar-refractivity contribution in [2.45, 2.75) is 0 Å². The van der Waals surface area contributed by atoms with E-state index in [1.54, 1.807) is 61.7 Å². The van der Waals surface area contributed by atoms with Crippen molar-refractivity contribution in [2.75, 3.05) is 30.0 Å². The Kier molecular flexibility index (Phi) is 5.35. The van der Waals surface area contributed by atoms with Gasteiger partial charge in [0.1, 0.15) is 17.1 Å². The van der Waals surface area contributed by atoms with Gasteiger partial charge in [-0.05, 0) is 54.6 Å². The number of hydrogen-bond acceptors (Lipinski definition) is 9. The van der Waals surface area contributed by atoms with Gasteiger partial charge >= 0.3 is 0 Å². The van der Waals surface area contributed by atoms with E-state index < -0.39 is 0 Å². The quantitative estimate of drug-likeness (QED) is 0.368. The summed E-state index contributed by atoms with van der Waals surface area (Å²) in [6, 6.07) is 15.2. The molecule has 3 aromatic carbocycles. The topological polar surface area (TPSA) is 163 Å². The highest BCUT2D eigenvalue weighted by molar-refractivity contribution is 5.68. The Morgan fingerprint density at radius 3 is 1.96 bits per heavy atom. The van der Waals surface area contributed by atoms with Crippen LogP contribution < -0.4 is 27.7 Å². The molecule has 0 atom stereocenters. The molecule has 3 rings (SSSR count). The van der Waals surface area contributed by atoms with Gasteiger partial charge in [0, 0.05) is 17.1 Å². The average molecular weight is 376 g/mol. The van der Waals surface area contributed by atoms with Crippen molar-refractivity contribution in [3.8, 4) is 5.75 Å². The van der Waals surface area contributed by atoms with E-state index in [2.05, 4.69) is 20.5 Å². The number of hydrogen-bond donors (Lipinski definition) is 4. The van der Waals surface area contributed by atoms with Gasteiger partial charge in [0.25, 0.3) is 0 Å². The Morgan fingerprint density at radius 1 is 0.607 bits per heavy atom. The summed E-state index contributed by atoms with van der Waals surface area (Å²) in [4.78, 5) is 0. The van der Waals surface area contributed by atoms with E-state index in [9.17, 15) is 0 Å². The van der Waals surface area contributed by atoms with Gasteiger partial charge in [-0.15, -0.1) is 10.2 Å². The number of azo groups is 2. The van der Waals surface area contributed by atoms with Gasteiger partial charge in [-0.2, -0.15) is 10.2 Å². The first-order valence-electron chi connectivity index (χ1n) is 8.27. The van der Waals surface area contributed by atoms with Gasteiger partial charge in [0.05, 0.1) is 24.2 Å². The summed E-state index contributed by atoms with van der Waals surface area (Å²) in [7, 11) is 1.54. The molecule has 0 fully saturated rings. The van der Waals surface area contributed by atoms with Crippen LogP contribution >= 0.6 is 0 Å². The second-order valence-electron chi connectivity index (χ2n) is 5.93. The lowest BCUT2D eigenvalue weighted by Gasteiger charge is -2.05. The second kappa shape index (κ2) is 8.04. The predicted molar refractivity (Wildman–Crippen MR) is 112 cm³/mol. The van der Waals surface area contributed by atoms with E-state index in [4.69, 9.17) is 27.7 Å². The van der Waals surface area contributed by atoms with E-state index in [1.165, 1.54) is 0 Å². The lowest BCUT2D eigenvalue weighted by Crippen LogP contribution is -1.89. The number of rotatable bonds is 5. The van der Waals surface area contributed by atoms with Gasteiger partial charge in [0.2, 0.25) is 0 Å². The molecule has 0 aliphatic carbocycles. The summed E-state index contributed by atoms with van der Waals surface area (Å²) in [5.74, 6) is 0.534. The average Bonchev–Trinajstić information content (AvgIpc) is 2.65. The van der Waals surface area contributed by atoms with Crippen molar-refractivity contribution >= 4 is 45.5 Å². The Labute approximate surface area is 161 Å². The first-order valence-corrected chi connectivity index (χ1v) is 8.27. The number of nitrogen functional groups attached to an aromatic ring is 4. The van der Waals surface area contributed by atoms with Crippen LogP contribution in [-0.4, -0.2) is 7.11 Å². The molecule has 0 bridgehead atoms. The molecule has 0 spiro atoms. The van der Waals surface area contributed by atoms with Crippen molar-refractivity contribution in [1.82, 2.24) is 0 Å². The molecule has 9 heteroatoms. The fourth-order valence-corrected chi connectivity index (χ4v) is 2.42. The van der Waals surface area contributed by atoms with Crippen LogP contribution in [0, 0.1) is 0 Å². The van der Waals surface area contributed by atoms with Crippen LogP contribution in [0.25, 0.3) is 0 Å². The summed E-state index contributed by atoms with van der Waals surface area (Å²) in [5.41, 5.74) is 27.2. The van der Waals surface area contributed by atoms with Crippen LogP contribution in [0.2, 0.25) is 0 Å². The maximum absolute atomic E-state index is 5.89. The van der Waals surface area contributed by atoms with E-state index in [-0.39, 0.29) is 0 Å². The number of nitrogens with zero attached hydrogens (tertiary/aromatic N) is 4. The molecule has 0 aromatic heterocycles. The number of methoxy groups -OCH3 is 1. The molecule has 3 aromatic rings. The minimum atomic E-state index is 0.441. The minimum Gasteiger partial charge on any atom is -0.494 e. The molecule has 0 heterocycles. The van der Waals surface area contributed by atoms with Crippen molar-refractivity contribution < 1.29 is 4.74 Å². The van der Waals surface area contributed by atoms with Gasteiger partial charge in [-0.25, -0.2) is 0 Å². The number of benzene rings is 3. The second-order valence-corrected chi connectivity index (χ2v) is 5.93. The largest absolute Gasteiger partial charge is 0.494 e. The predicted octanol–water partition coefficient (Wildman–Crippen LogP) is 4.85. The van der Waals surface area contributed by atoms with Crippen molar-refractivity contribution in [3.05, 3.63) is 54.6 Å². The lowest BCUT2D eigenvalue weighted by molar-refractivity contribution is 0.416. The molecule has 28 heavy (non-hydrogen) atoms. The van der Waals surface area contributed by atoms with Crippen LogP contribution in [0.15, 0.2) is 75.1 Å². The summed E-state index contributed by atoms with van der Waals surface area (Å²) in [6.07, 6.45) is 0. The summed E-state index contributed by atoms with van der Waals surface area (Å²) in [5, 5.41) is 16.7. The maximum Gasteiger partial charge on any atom is 0.146 e. The highest BCUT2D eigenvalue weighted by Crippen LogP contribution is 2.34. The molecule has 0 amide bonds. The number of ether oxygens (including phenoxy) is 1. The van der Waals surface area contributed by atoms with Crippen LogP contribution in [0.4, 0.5) is 45.5 Å². The standard InChI is InChI=1S/C19H20N8O/c1-28-19-5-3-14(24-26-17-4-2-11(20)9-16(17)23)10-18(19)27-25-15-7-12(21)6-13(22)8-15/h2-10H,20-23H2,1H3. The third-order valence-corrected chi connectivity index (χ3v) is 3.72. The molecule has 9 nitrogen and oxygen atoms in total.